The molecule has 1 aliphatic rings. The predicted molar refractivity (Wildman–Crippen MR) is 110 cm³/mol. The minimum absolute atomic E-state index is 0.0208. The van der Waals surface area contributed by atoms with Crippen molar-refractivity contribution in [2.24, 2.45) is 13.0 Å². The lowest BCUT2D eigenvalue weighted by molar-refractivity contribution is -0.139. The number of hydrogen-bond acceptors (Lipinski definition) is 5. The maximum absolute atomic E-state index is 12.6. The number of carbonyl (C=O) groups excluding carboxylic acids is 1. The highest BCUT2D eigenvalue weighted by Crippen LogP contribution is 2.26. The smallest absolute Gasteiger partial charge is 0.309 e. The standard InChI is InChI=1S/C21H23F3N6O/c1-29-18(4-8-25-29)15-2-3-17-16(12-15)13-19(28-27-17)26-20(31)14-5-9-30(10-6-14)11-7-21(22,23)24/h2-4,8,12-14H,5-7,9-11H2,1H3,(H,26,28,31). The summed E-state index contributed by atoms with van der Waals surface area (Å²) in [5, 5.41) is 16.1. The van der Waals surface area contributed by atoms with Crippen LogP contribution in [0.2, 0.25) is 0 Å². The van der Waals surface area contributed by atoms with Gasteiger partial charge in [-0.3, -0.25) is 9.48 Å². The number of amides is 1. The second-order valence-corrected chi connectivity index (χ2v) is 7.81. The molecule has 7 nitrogen and oxygen atoms in total. The molecule has 4 rings (SSSR count). The molecule has 1 fully saturated rings. The van der Waals surface area contributed by atoms with Gasteiger partial charge < -0.3 is 10.2 Å². The molecular weight excluding hydrogens is 409 g/mol. The monoisotopic (exact) mass is 432 g/mol. The number of hydrogen-bond donors (Lipinski definition) is 1. The van der Waals surface area contributed by atoms with Crippen LogP contribution in [0.4, 0.5) is 19.0 Å². The van der Waals surface area contributed by atoms with Gasteiger partial charge in [-0.15, -0.1) is 10.2 Å². The Morgan fingerprint density at radius 2 is 1.94 bits per heavy atom. The molecule has 0 spiro atoms. The number of rotatable bonds is 5. The Balaban J connectivity index is 1.39. The van der Waals surface area contributed by atoms with Crippen molar-refractivity contribution in [1.29, 1.82) is 0 Å². The minimum atomic E-state index is -4.15. The number of nitrogens with one attached hydrogen (secondary N) is 1. The molecule has 1 aliphatic heterocycles. The van der Waals surface area contributed by atoms with Crippen LogP contribution >= 0.6 is 0 Å². The summed E-state index contributed by atoms with van der Waals surface area (Å²) in [5.41, 5.74) is 2.65. The number of aromatic nitrogens is 4. The van der Waals surface area contributed by atoms with Crippen LogP contribution in [0.5, 0.6) is 0 Å². The summed E-state index contributed by atoms with van der Waals surface area (Å²) in [7, 11) is 1.87. The summed E-state index contributed by atoms with van der Waals surface area (Å²) in [6.07, 6.45) is -2.20. The Morgan fingerprint density at radius 3 is 2.61 bits per heavy atom. The Labute approximate surface area is 177 Å². The van der Waals surface area contributed by atoms with Crippen LogP contribution in [-0.4, -0.2) is 56.6 Å². The van der Waals surface area contributed by atoms with E-state index in [1.165, 1.54) is 0 Å². The van der Waals surface area contributed by atoms with E-state index in [9.17, 15) is 18.0 Å². The first-order valence-electron chi connectivity index (χ1n) is 10.1. The summed E-state index contributed by atoms with van der Waals surface area (Å²) < 4.78 is 38.9. The Morgan fingerprint density at radius 1 is 1.16 bits per heavy atom. The maximum atomic E-state index is 12.6. The highest BCUT2D eigenvalue weighted by atomic mass is 19.4. The average molecular weight is 432 g/mol. The van der Waals surface area contributed by atoms with Crippen molar-refractivity contribution in [2.75, 3.05) is 25.0 Å². The van der Waals surface area contributed by atoms with Crippen molar-refractivity contribution < 1.29 is 18.0 Å². The zero-order chi connectivity index (χ0) is 22.0. The van der Waals surface area contributed by atoms with E-state index >= 15 is 0 Å². The molecule has 31 heavy (non-hydrogen) atoms. The molecule has 0 atom stereocenters. The molecule has 0 unspecified atom stereocenters. The van der Waals surface area contributed by atoms with Crippen LogP contribution in [0.25, 0.3) is 22.2 Å². The third-order valence-electron chi connectivity index (χ3n) is 5.62. The van der Waals surface area contributed by atoms with Crippen LogP contribution in [0.15, 0.2) is 36.5 Å². The van der Waals surface area contributed by atoms with Crippen LogP contribution in [-0.2, 0) is 11.8 Å². The summed E-state index contributed by atoms with van der Waals surface area (Å²) in [6.45, 7) is 0.935. The Kier molecular flexibility index (Phi) is 5.90. The van der Waals surface area contributed by atoms with E-state index in [0.717, 1.165) is 16.6 Å². The van der Waals surface area contributed by atoms with E-state index in [1.807, 2.05) is 31.3 Å². The fourth-order valence-corrected chi connectivity index (χ4v) is 3.85. The quantitative estimate of drug-likeness (QED) is 0.666. The first-order valence-corrected chi connectivity index (χ1v) is 10.1. The van der Waals surface area contributed by atoms with Gasteiger partial charge in [0.05, 0.1) is 17.6 Å². The summed E-state index contributed by atoms with van der Waals surface area (Å²) in [6, 6.07) is 9.47. The number of halogens is 3. The predicted octanol–water partition coefficient (Wildman–Crippen LogP) is 3.63. The zero-order valence-electron chi connectivity index (χ0n) is 17.1. The second kappa shape index (κ2) is 8.62. The molecule has 10 heteroatoms. The second-order valence-electron chi connectivity index (χ2n) is 7.81. The lowest BCUT2D eigenvalue weighted by atomic mass is 9.96. The lowest BCUT2D eigenvalue weighted by Crippen LogP contribution is -2.39. The van der Waals surface area contributed by atoms with Gasteiger partial charge in [0.1, 0.15) is 0 Å². The molecule has 0 aliphatic carbocycles. The fourth-order valence-electron chi connectivity index (χ4n) is 3.85. The van der Waals surface area contributed by atoms with Gasteiger partial charge in [-0.05, 0) is 50.2 Å². The first-order chi connectivity index (χ1) is 14.8. The van der Waals surface area contributed by atoms with Crippen molar-refractivity contribution in [1.82, 2.24) is 24.9 Å². The molecule has 2 aromatic heterocycles. The van der Waals surface area contributed by atoms with E-state index in [4.69, 9.17) is 0 Å². The van der Waals surface area contributed by atoms with Gasteiger partial charge in [0.15, 0.2) is 5.82 Å². The highest BCUT2D eigenvalue weighted by Gasteiger charge is 2.30. The number of likely N-dealkylation sites (tertiary alicyclic amines) is 1. The van der Waals surface area contributed by atoms with Gasteiger partial charge in [-0.1, -0.05) is 6.07 Å². The van der Waals surface area contributed by atoms with Gasteiger partial charge in [0.2, 0.25) is 5.91 Å². The normalized spacial score (nSPS) is 16.0. The topological polar surface area (TPSA) is 75.9 Å². The van der Waals surface area contributed by atoms with Gasteiger partial charge in [0, 0.05) is 36.7 Å². The molecule has 1 N–H and O–H groups in total. The molecule has 1 amide bonds. The summed E-state index contributed by atoms with van der Waals surface area (Å²) in [5.74, 6) is -0.0634. The van der Waals surface area contributed by atoms with Crippen molar-refractivity contribution >= 4 is 22.6 Å². The van der Waals surface area contributed by atoms with E-state index in [0.29, 0.717) is 37.3 Å². The molecule has 0 radical (unpaired) electrons. The van der Waals surface area contributed by atoms with E-state index in [-0.39, 0.29) is 18.4 Å². The van der Waals surface area contributed by atoms with Gasteiger partial charge in [-0.2, -0.15) is 18.3 Å². The summed E-state index contributed by atoms with van der Waals surface area (Å²) >= 11 is 0. The highest BCUT2D eigenvalue weighted by molar-refractivity contribution is 5.94. The zero-order valence-corrected chi connectivity index (χ0v) is 17.1. The third kappa shape index (κ3) is 5.19. The van der Waals surface area contributed by atoms with Gasteiger partial charge in [-0.25, -0.2) is 0 Å². The Bertz CT molecular complexity index is 1070. The average Bonchev–Trinajstić information content (AvgIpc) is 3.17. The molecule has 3 heterocycles. The van der Waals surface area contributed by atoms with Gasteiger partial charge >= 0.3 is 6.18 Å². The minimum Gasteiger partial charge on any atom is -0.309 e. The number of anilines is 1. The Hall–Kier alpha value is -3.01. The van der Waals surface area contributed by atoms with Crippen molar-refractivity contribution in [3.05, 3.63) is 36.5 Å². The molecule has 1 saturated heterocycles. The number of fused-ring (bicyclic) bond motifs is 1. The number of alkyl halides is 3. The molecule has 164 valence electrons. The molecular formula is C21H23F3N6O. The molecule has 0 saturated carbocycles. The van der Waals surface area contributed by atoms with Crippen LogP contribution in [0, 0.1) is 5.92 Å². The first kappa shape index (κ1) is 21.2. The lowest BCUT2D eigenvalue weighted by Gasteiger charge is -2.31. The number of piperidine rings is 1. The van der Waals surface area contributed by atoms with Crippen LogP contribution in [0.1, 0.15) is 19.3 Å². The van der Waals surface area contributed by atoms with E-state index in [1.54, 1.807) is 21.8 Å². The van der Waals surface area contributed by atoms with Gasteiger partial charge in [0.25, 0.3) is 0 Å². The van der Waals surface area contributed by atoms with Crippen molar-refractivity contribution in [2.45, 2.75) is 25.4 Å². The maximum Gasteiger partial charge on any atom is 0.390 e. The number of aryl methyl sites for hydroxylation is 1. The number of carbonyl (C=O) groups is 1. The third-order valence-corrected chi connectivity index (χ3v) is 5.62. The molecule has 3 aromatic rings. The van der Waals surface area contributed by atoms with E-state index < -0.39 is 12.6 Å². The SMILES string of the molecule is Cn1nccc1-c1ccc2nnc(NC(=O)C3CCN(CCC(F)(F)F)CC3)cc2c1. The van der Waals surface area contributed by atoms with Crippen LogP contribution < -0.4 is 5.32 Å². The largest absolute Gasteiger partial charge is 0.390 e. The summed E-state index contributed by atoms with van der Waals surface area (Å²) in [4.78, 5) is 14.4. The van der Waals surface area contributed by atoms with Crippen LogP contribution in [0.3, 0.4) is 0 Å². The number of benzene rings is 1. The van der Waals surface area contributed by atoms with Crippen molar-refractivity contribution in [3.63, 3.8) is 0 Å². The molecule has 0 bridgehead atoms. The number of nitrogens with zero attached hydrogens (tertiary/aromatic N) is 5. The van der Waals surface area contributed by atoms with E-state index in [2.05, 4.69) is 20.6 Å². The van der Waals surface area contributed by atoms with Crippen molar-refractivity contribution in [3.8, 4) is 11.3 Å². The fraction of sp³-hybridized carbons (Fsp3) is 0.429. The molecule has 1 aromatic carbocycles.